The van der Waals surface area contributed by atoms with E-state index in [0.717, 1.165) is 12.1 Å². The van der Waals surface area contributed by atoms with Gasteiger partial charge in [0.05, 0.1) is 6.10 Å². The molecule has 0 saturated heterocycles. The first-order chi connectivity index (χ1) is 11.5. The van der Waals surface area contributed by atoms with Crippen LogP contribution in [-0.4, -0.2) is 5.11 Å². The van der Waals surface area contributed by atoms with Gasteiger partial charge in [0.25, 0.3) is 0 Å². The van der Waals surface area contributed by atoms with Crippen molar-refractivity contribution in [3.05, 3.63) is 95.3 Å². The third kappa shape index (κ3) is 3.49. The fraction of sp³-hybridized carbons (Fsp3) is 0.100. The molecule has 0 aliphatic heterocycles. The molecule has 0 fully saturated rings. The van der Waals surface area contributed by atoms with E-state index in [2.05, 4.69) is 0 Å². The van der Waals surface area contributed by atoms with Gasteiger partial charge in [0.2, 0.25) is 0 Å². The lowest BCUT2D eigenvalue weighted by atomic mass is 9.98. The van der Waals surface area contributed by atoms with E-state index in [1.54, 1.807) is 42.5 Å². The summed E-state index contributed by atoms with van der Waals surface area (Å²) in [6.07, 6.45) is -0.694. The molecule has 4 heteroatoms. The van der Waals surface area contributed by atoms with Crippen molar-refractivity contribution in [1.82, 2.24) is 0 Å². The van der Waals surface area contributed by atoms with E-state index >= 15 is 0 Å². The predicted molar refractivity (Wildman–Crippen MR) is 86.9 cm³/mol. The molecular formula is C20H15F3O. The van der Waals surface area contributed by atoms with Crippen LogP contribution in [0, 0.1) is 17.5 Å². The van der Waals surface area contributed by atoms with Crippen LogP contribution in [0.4, 0.5) is 13.2 Å². The van der Waals surface area contributed by atoms with Crippen LogP contribution in [0.5, 0.6) is 0 Å². The molecule has 0 spiro atoms. The summed E-state index contributed by atoms with van der Waals surface area (Å²) in [6, 6.07) is 16.9. The van der Waals surface area contributed by atoms with E-state index < -0.39 is 17.7 Å². The van der Waals surface area contributed by atoms with E-state index in [9.17, 15) is 18.3 Å². The van der Waals surface area contributed by atoms with E-state index in [-0.39, 0.29) is 12.2 Å². The van der Waals surface area contributed by atoms with Gasteiger partial charge in [-0.05, 0) is 34.9 Å². The van der Waals surface area contributed by atoms with Crippen LogP contribution in [0.15, 0.2) is 66.7 Å². The highest BCUT2D eigenvalue weighted by Gasteiger charge is 2.11. The van der Waals surface area contributed by atoms with Crippen molar-refractivity contribution >= 4 is 0 Å². The minimum Gasteiger partial charge on any atom is -0.388 e. The highest BCUT2D eigenvalue weighted by molar-refractivity contribution is 5.64. The topological polar surface area (TPSA) is 20.2 Å². The summed E-state index contributed by atoms with van der Waals surface area (Å²) in [6.45, 7) is 0. The minimum atomic E-state index is -0.936. The zero-order valence-electron chi connectivity index (χ0n) is 12.7. The summed E-state index contributed by atoms with van der Waals surface area (Å²) in [5, 5.41) is 10.3. The van der Waals surface area contributed by atoms with Crippen molar-refractivity contribution in [2.45, 2.75) is 12.5 Å². The van der Waals surface area contributed by atoms with Crippen LogP contribution in [0.1, 0.15) is 17.2 Å². The molecule has 0 bridgehead atoms. The van der Waals surface area contributed by atoms with Gasteiger partial charge in [0.15, 0.2) is 11.6 Å². The molecular weight excluding hydrogens is 313 g/mol. The van der Waals surface area contributed by atoms with Crippen molar-refractivity contribution < 1.29 is 18.3 Å². The highest BCUT2D eigenvalue weighted by Crippen LogP contribution is 2.26. The summed E-state index contributed by atoms with van der Waals surface area (Å²) in [5.41, 5.74) is 2.32. The number of halogens is 3. The zero-order valence-corrected chi connectivity index (χ0v) is 12.7. The number of hydrogen-bond donors (Lipinski definition) is 1. The Hall–Kier alpha value is -2.59. The lowest BCUT2D eigenvalue weighted by molar-refractivity contribution is 0.178. The first kappa shape index (κ1) is 16.3. The maximum Gasteiger partial charge on any atom is 0.159 e. The molecule has 3 aromatic rings. The Labute approximate surface area is 138 Å². The maximum absolute atomic E-state index is 13.8. The van der Waals surface area contributed by atoms with E-state index in [1.165, 1.54) is 12.1 Å². The number of hydrogen-bond acceptors (Lipinski definition) is 1. The van der Waals surface area contributed by atoms with Gasteiger partial charge in [-0.3, -0.25) is 0 Å². The minimum absolute atomic E-state index is 0.163. The molecule has 3 rings (SSSR count). The number of benzene rings is 3. The molecule has 1 N–H and O–H groups in total. The SMILES string of the molecule is OC(Cc1ccc(F)c(F)c1)c1ccc(-c2ccccc2F)cc1. The smallest absolute Gasteiger partial charge is 0.159 e. The monoisotopic (exact) mass is 328 g/mol. The maximum atomic E-state index is 13.8. The predicted octanol–water partition coefficient (Wildman–Crippen LogP) is 5.05. The Balaban J connectivity index is 1.77. The van der Waals surface area contributed by atoms with Crippen LogP contribution >= 0.6 is 0 Å². The van der Waals surface area contributed by atoms with Crippen LogP contribution < -0.4 is 0 Å². The number of aliphatic hydroxyl groups is 1. The average molecular weight is 328 g/mol. The van der Waals surface area contributed by atoms with Crippen molar-refractivity contribution in [2.24, 2.45) is 0 Å². The molecule has 1 atom stereocenters. The molecule has 0 aromatic heterocycles. The van der Waals surface area contributed by atoms with E-state index in [4.69, 9.17) is 0 Å². The van der Waals surface area contributed by atoms with Gasteiger partial charge in [-0.15, -0.1) is 0 Å². The average Bonchev–Trinajstić information content (AvgIpc) is 2.59. The number of aliphatic hydroxyl groups excluding tert-OH is 1. The Morgan fingerprint density at radius 2 is 1.46 bits per heavy atom. The fourth-order valence-corrected chi connectivity index (χ4v) is 2.59. The summed E-state index contributed by atoms with van der Waals surface area (Å²) < 4.78 is 39.9. The van der Waals surface area contributed by atoms with Crippen molar-refractivity contribution in [1.29, 1.82) is 0 Å². The molecule has 0 heterocycles. The molecule has 1 unspecified atom stereocenters. The van der Waals surface area contributed by atoms with Crippen LogP contribution in [0.3, 0.4) is 0 Å². The second-order valence-electron chi connectivity index (χ2n) is 5.57. The molecule has 3 aromatic carbocycles. The molecule has 0 saturated carbocycles. The van der Waals surface area contributed by atoms with Gasteiger partial charge in [-0.1, -0.05) is 48.5 Å². The Morgan fingerprint density at radius 1 is 0.750 bits per heavy atom. The molecule has 24 heavy (non-hydrogen) atoms. The summed E-state index contributed by atoms with van der Waals surface area (Å²) in [7, 11) is 0. The van der Waals surface area contributed by atoms with Crippen LogP contribution in [-0.2, 0) is 6.42 Å². The Bertz CT molecular complexity index is 844. The molecule has 0 aliphatic rings. The largest absolute Gasteiger partial charge is 0.388 e. The van der Waals surface area contributed by atoms with E-state index in [0.29, 0.717) is 22.3 Å². The standard InChI is InChI=1S/C20H15F3O/c21-17-4-2-1-3-16(17)14-6-8-15(9-7-14)20(24)12-13-5-10-18(22)19(23)11-13/h1-11,20,24H,12H2. The van der Waals surface area contributed by atoms with Gasteiger partial charge in [0.1, 0.15) is 5.82 Å². The lowest BCUT2D eigenvalue weighted by Gasteiger charge is -2.12. The first-order valence-electron chi connectivity index (χ1n) is 7.51. The third-order valence-corrected chi connectivity index (χ3v) is 3.89. The van der Waals surface area contributed by atoms with Crippen LogP contribution in [0.25, 0.3) is 11.1 Å². The molecule has 0 amide bonds. The summed E-state index contributed by atoms with van der Waals surface area (Å²) in [5.74, 6) is -2.16. The Morgan fingerprint density at radius 3 is 2.12 bits per heavy atom. The van der Waals surface area contributed by atoms with Crippen LogP contribution in [0.2, 0.25) is 0 Å². The summed E-state index contributed by atoms with van der Waals surface area (Å²) in [4.78, 5) is 0. The normalized spacial score (nSPS) is 12.2. The Kier molecular flexibility index (Phi) is 4.67. The lowest BCUT2D eigenvalue weighted by Crippen LogP contribution is -2.02. The first-order valence-corrected chi connectivity index (χ1v) is 7.51. The van der Waals surface area contributed by atoms with Gasteiger partial charge >= 0.3 is 0 Å². The molecule has 0 radical (unpaired) electrons. The van der Waals surface area contributed by atoms with Gasteiger partial charge < -0.3 is 5.11 Å². The fourth-order valence-electron chi connectivity index (χ4n) is 2.59. The van der Waals surface area contributed by atoms with Crippen molar-refractivity contribution in [3.63, 3.8) is 0 Å². The number of rotatable bonds is 4. The van der Waals surface area contributed by atoms with E-state index in [1.807, 2.05) is 0 Å². The highest BCUT2D eigenvalue weighted by atomic mass is 19.2. The molecule has 0 aliphatic carbocycles. The second kappa shape index (κ2) is 6.89. The quantitative estimate of drug-likeness (QED) is 0.711. The zero-order chi connectivity index (χ0) is 17.1. The third-order valence-electron chi connectivity index (χ3n) is 3.89. The summed E-state index contributed by atoms with van der Waals surface area (Å²) >= 11 is 0. The molecule has 122 valence electrons. The van der Waals surface area contributed by atoms with Crippen molar-refractivity contribution in [3.8, 4) is 11.1 Å². The molecule has 1 nitrogen and oxygen atoms in total. The van der Waals surface area contributed by atoms with Gasteiger partial charge in [0, 0.05) is 12.0 Å². The van der Waals surface area contributed by atoms with Gasteiger partial charge in [-0.25, -0.2) is 13.2 Å². The van der Waals surface area contributed by atoms with Gasteiger partial charge in [-0.2, -0.15) is 0 Å². The van der Waals surface area contributed by atoms with Crippen molar-refractivity contribution in [2.75, 3.05) is 0 Å². The second-order valence-corrected chi connectivity index (χ2v) is 5.57.